The Hall–Kier alpha value is -2.45. The van der Waals surface area contributed by atoms with E-state index in [1.807, 2.05) is 51.1 Å². The van der Waals surface area contributed by atoms with Gasteiger partial charge in [0.25, 0.3) is 0 Å². The third kappa shape index (κ3) is 3.60. The van der Waals surface area contributed by atoms with Crippen LogP contribution in [0.3, 0.4) is 0 Å². The van der Waals surface area contributed by atoms with Gasteiger partial charge in [-0.2, -0.15) is 10.4 Å². The summed E-state index contributed by atoms with van der Waals surface area (Å²) in [5.41, 5.74) is 3.25. The SMILES string of the molecule is CCOC(CNc1nnc(C)c(C)c1C#N)c1ccccc1. The number of aromatic nitrogens is 2. The standard InChI is InChI=1S/C17H20N4O/c1-4-22-16(14-8-6-5-7-9-14)11-19-17-15(10-18)12(2)13(3)20-21-17/h5-9,16H,4,11H2,1-3H3,(H,19,21). The van der Waals surface area contributed by atoms with Crippen molar-refractivity contribution in [3.63, 3.8) is 0 Å². The average Bonchev–Trinajstić information content (AvgIpc) is 2.55. The lowest BCUT2D eigenvalue weighted by Gasteiger charge is -2.19. The number of benzene rings is 1. The second-order valence-electron chi connectivity index (χ2n) is 4.98. The van der Waals surface area contributed by atoms with Crippen LogP contribution in [-0.2, 0) is 4.74 Å². The molecular formula is C17H20N4O. The van der Waals surface area contributed by atoms with Crippen LogP contribution in [-0.4, -0.2) is 23.3 Å². The molecule has 0 radical (unpaired) electrons. The van der Waals surface area contributed by atoms with E-state index in [2.05, 4.69) is 21.6 Å². The quantitative estimate of drug-likeness (QED) is 0.886. The molecule has 0 amide bonds. The molecule has 0 bridgehead atoms. The molecule has 0 saturated carbocycles. The molecule has 1 aromatic heterocycles. The first kappa shape index (κ1) is 15.9. The summed E-state index contributed by atoms with van der Waals surface area (Å²) in [5, 5.41) is 20.7. The Morgan fingerprint density at radius 1 is 1.23 bits per heavy atom. The Balaban J connectivity index is 2.17. The summed E-state index contributed by atoms with van der Waals surface area (Å²) in [6, 6.07) is 12.2. The number of rotatable bonds is 6. The Morgan fingerprint density at radius 2 is 1.95 bits per heavy atom. The van der Waals surface area contributed by atoms with Crippen LogP contribution in [0, 0.1) is 25.2 Å². The van der Waals surface area contributed by atoms with Crippen LogP contribution in [0.1, 0.15) is 35.4 Å². The molecule has 1 heterocycles. The van der Waals surface area contributed by atoms with E-state index in [4.69, 9.17) is 4.74 Å². The number of nitrogens with zero attached hydrogens (tertiary/aromatic N) is 3. The van der Waals surface area contributed by atoms with Gasteiger partial charge in [-0.25, -0.2) is 0 Å². The van der Waals surface area contributed by atoms with Crippen LogP contribution in [0.15, 0.2) is 30.3 Å². The third-order valence-corrected chi connectivity index (χ3v) is 3.56. The third-order valence-electron chi connectivity index (χ3n) is 3.56. The van der Waals surface area contributed by atoms with Gasteiger partial charge in [0.05, 0.1) is 11.8 Å². The van der Waals surface area contributed by atoms with E-state index in [0.29, 0.717) is 24.5 Å². The normalized spacial score (nSPS) is 11.7. The number of aryl methyl sites for hydroxylation is 1. The summed E-state index contributed by atoms with van der Waals surface area (Å²) in [4.78, 5) is 0. The number of hydrogen-bond donors (Lipinski definition) is 1. The fourth-order valence-electron chi connectivity index (χ4n) is 2.20. The highest BCUT2D eigenvalue weighted by molar-refractivity contribution is 5.55. The maximum atomic E-state index is 9.32. The van der Waals surface area contributed by atoms with Gasteiger partial charge in [0.1, 0.15) is 11.6 Å². The van der Waals surface area contributed by atoms with Gasteiger partial charge in [-0.05, 0) is 31.9 Å². The lowest BCUT2D eigenvalue weighted by Crippen LogP contribution is -2.18. The fraction of sp³-hybridized carbons (Fsp3) is 0.353. The van der Waals surface area contributed by atoms with Crippen molar-refractivity contribution in [2.24, 2.45) is 0 Å². The molecule has 0 saturated heterocycles. The average molecular weight is 296 g/mol. The second-order valence-corrected chi connectivity index (χ2v) is 4.98. The van der Waals surface area contributed by atoms with Crippen LogP contribution >= 0.6 is 0 Å². The Bertz CT molecular complexity index is 664. The molecule has 0 spiro atoms. The predicted molar refractivity (Wildman–Crippen MR) is 85.5 cm³/mol. The Morgan fingerprint density at radius 3 is 2.59 bits per heavy atom. The molecule has 2 rings (SSSR count). The first-order valence-electron chi connectivity index (χ1n) is 7.31. The molecule has 0 aliphatic heterocycles. The minimum Gasteiger partial charge on any atom is -0.372 e. The van der Waals surface area contributed by atoms with Crippen LogP contribution < -0.4 is 5.32 Å². The van der Waals surface area contributed by atoms with Gasteiger partial charge in [0, 0.05) is 13.2 Å². The van der Waals surface area contributed by atoms with Crippen molar-refractivity contribution in [3.05, 3.63) is 52.7 Å². The number of hydrogen-bond acceptors (Lipinski definition) is 5. The number of anilines is 1. The summed E-state index contributed by atoms with van der Waals surface area (Å²) in [5.74, 6) is 0.506. The van der Waals surface area contributed by atoms with Gasteiger partial charge < -0.3 is 10.1 Å². The molecule has 5 nitrogen and oxygen atoms in total. The molecule has 0 fully saturated rings. The van der Waals surface area contributed by atoms with Crippen molar-refractivity contribution in [1.82, 2.24) is 10.2 Å². The summed E-state index contributed by atoms with van der Waals surface area (Å²) < 4.78 is 5.78. The lowest BCUT2D eigenvalue weighted by molar-refractivity contribution is 0.0718. The molecule has 1 aromatic carbocycles. The van der Waals surface area contributed by atoms with Gasteiger partial charge in [0.15, 0.2) is 5.82 Å². The first-order chi connectivity index (χ1) is 10.7. The van der Waals surface area contributed by atoms with Crippen LogP contribution in [0.5, 0.6) is 0 Å². The van der Waals surface area contributed by atoms with E-state index in [0.717, 1.165) is 16.8 Å². The van der Waals surface area contributed by atoms with Gasteiger partial charge in [0.2, 0.25) is 0 Å². The summed E-state index contributed by atoms with van der Waals surface area (Å²) in [7, 11) is 0. The van der Waals surface area contributed by atoms with E-state index >= 15 is 0 Å². The maximum absolute atomic E-state index is 9.32. The van der Waals surface area contributed by atoms with Gasteiger partial charge >= 0.3 is 0 Å². The topological polar surface area (TPSA) is 70.8 Å². The van der Waals surface area contributed by atoms with E-state index in [-0.39, 0.29) is 6.10 Å². The second kappa shape index (κ2) is 7.53. The maximum Gasteiger partial charge on any atom is 0.167 e. The number of nitrogens with one attached hydrogen (secondary N) is 1. The van der Waals surface area contributed by atoms with Crippen molar-refractivity contribution in [2.75, 3.05) is 18.5 Å². The molecule has 0 aliphatic carbocycles. The number of nitriles is 1. The smallest absolute Gasteiger partial charge is 0.167 e. The first-order valence-corrected chi connectivity index (χ1v) is 7.31. The Labute approximate surface area is 131 Å². The van der Waals surface area contributed by atoms with Crippen LogP contribution in [0.2, 0.25) is 0 Å². The zero-order valence-corrected chi connectivity index (χ0v) is 13.1. The monoisotopic (exact) mass is 296 g/mol. The zero-order chi connectivity index (χ0) is 15.9. The van der Waals surface area contributed by atoms with Crippen molar-refractivity contribution >= 4 is 5.82 Å². The van der Waals surface area contributed by atoms with E-state index in [1.165, 1.54) is 0 Å². The highest BCUT2D eigenvalue weighted by atomic mass is 16.5. The molecular weight excluding hydrogens is 276 g/mol. The number of ether oxygens (including phenoxy) is 1. The van der Waals surface area contributed by atoms with Gasteiger partial charge in [-0.1, -0.05) is 30.3 Å². The van der Waals surface area contributed by atoms with Crippen molar-refractivity contribution in [1.29, 1.82) is 5.26 Å². The van der Waals surface area contributed by atoms with Crippen molar-refractivity contribution < 1.29 is 4.74 Å². The predicted octanol–water partition coefficient (Wildman–Crippen LogP) is 3.15. The molecule has 114 valence electrons. The highest BCUT2D eigenvalue weighted by Gasteiger charge is 2.15. The van der Waals surface area contributed by atoms with Gasteiger partial charge in [-0.15, -0.1) is 5.10 Å². The summed E-state index contributed by atoms with van der Waals surface area (Å²) in [6.45, 7) is 6.84. The zero-order valence-electron chi connectivity index (χ0n) is 13.1. The van der Waals surface area contributed by atoms with Crippen molar-refractivity contribution in [3.8, 4) is 6.07 Å². The molecule has 1 atom stereocenters. The van der Waals surface area contributed by atoms with E-state index in [1.54, 1.807) is 0 Å². The molecule has 1 unspecified atom stereocenters. The molecule has 5 heteroatoms. The fourth-order valence-corrected chi connectivity index (χ4v) is 2.20. The molecule has 22 heavy (non-hydrogen) atoms. The summed E-state index contributed by atoms with van der Waals surface area (Å²) in [6.07, 6.45) is -0.0962. The van der Waals surface area contributed by atoms with E-state index < -0.39 is 0 Å². The van der Waals surface area contributed by atoms with Gasteiger partial charge in [-0.3, -0.25) is 0 Å². The molecule has 0 aliphatic rings. The minimum absolute atomic E-state index is 0.0962. The lowest BCUT2D eigenvalue weighted by atomic mass is 10.1. The van der Waals surface area contributed by atoms with Crippen LogP contribution in [0.4, 0.5) is 5.82 Å². The largest absolute Gasteiger partial charge is 0.372 e. The molecule has 2 aromatic rings. The van der Waals surface area contributed by atoms with Crippen LogP contribution in [0.25, 0.3) is 0 Å². The highest BCUT2D eigenvalue weighted by Crippen LogP contribution is 2.21. The van der Waals surface area contributed by atoms with E-state index in [9.17, 15) is 5.26 Å². The summed E-state index contributed by atoms with van der Waals surface area (Å²) >= 11 is 0. The Kier molecular flexibility index (Phi) is 5.45. The van der Waals surface area contributed by atoms with Crippen molar-refractivity contribution in [2.45, 2.75) is 26.9 Å². The molecule has 1 N–H and O–H groups in total. The minimum atomic E-state index is -0.0962.